The van der Waals surface area contributed by atoms with Crippen molar-refractivity contribution in [2.75, 3.05) is 19.6 Å². The normalized spacial score (nSPS) is 20.5. The summed E-state index contributed by atoms with van der Waals surface area (Å²) >= 11 is 5.60. The van der Waals surface area contributed by atoms with Gasteiger partial charge in [0, 0.05) is 18.5 Å². The number of rotatable bonds is 4. The molecule has 0 radical (unpaired) electrons. The molecule has 1 aliphatic heterocycles. The first kappa shape index (κ1) is 12.5. The number of piperidine rings is 1. The molecule has 15 heavy (non-hydrogen) atoms. The standard InChI is InChI=1S/C11H18ClNO2/c1-9(7-12)8-13-4-2-10(3-5-13)6-11(14)15/h7,10H,2-6,8H2,1H3,(H,14,15). The fourth-order valence-corrected chi connectivity index (χ4v) is 2.05. The van der Waals surface area contributed by atoms with Gasteiger partial charge < -0.3 is 5.11 Å². The van der Waals surface area contributed by atoms with Gasteiger partial charge in [0.25, 0.3) is 0 Å². The van der Waals surface area contributed by atoms with Gasteiger partial charge in [0.2, 0.25) is 0 Å². The lowest BCUT2D eigenvalue weighted by molar-refractivity contribution is -0.138. The molecule has 1 rings (SSSR count). The molecule has 0 amide bonds. The zero-order valence-electron chi connectivity index (χ0n) is 9.08. The molecule has 1 saturated heterocycles. The molecule has 3 nitrogen and oxygen atoms in total. The second-order valence-electron chi connectivity index (χ2n) is 4.27. The number of likely N-dealkylation sites (tertiary alicyclic amines) is 1. The van der Waals surface area contributed by atoms with Crippen LogP contribution in [0.2, 0.25) is 0 Å². The molecule has 0 unspecified atom stereocenters. The van der Waals surface area contributed by atoms with Gasteiger partial charge in [-0.3, -0.25) is 9.69 Å². The molecule has 4 heteroatoms. The summed E-state index contributed by atoms with van der Waals surface area (Å²) in [6.07, 6.45) is 2.29. The molecule has 0 aliphatic carbocycles. The minimum absolute atomic E-state index is 0.318. The highest BCUT2D eigenvalue weighted by atomic mass is 35.5. The van der Waals surface area contributed by atoms with Crippen molar-refractivity contribution in [1.82, 2.24) is 4.90 Å². The minimum Gasteiger partial charge on any atom is -0.481 e. The van der Waals surface area contributed by atoms with E-state index in [2.05, 4.69) is 4.90 Å². The topological polar surface area (TPSA) is 40.5 Å². The third-order valence-electron chi connectivity index (χ3n) is 2.83. The molecule has 0 atom stereocenters. The molecular weight excluding hydrogens is 214 g/mol. The smallest absolute Gasteiger partial charge is 0.303 e. The maximum Gasteiger partial charge on any atom is 0.303 e. The van der Waals surface area contributed by atoms with Crippen molar-refractivity contribution in [2.24, 2.45) is 5.92 Å². The number of hydrogen-bond acceptors (Lipinski definition) is 2. The summed E-state index contributed by atoms with van der Waals surface area (Å²) in [5.74, 6) is -0.315. The summed E-state index contributed by atoms with van der Waals surface area (Å²) < 4.78 is 0. The maximum absolute atomic E-state index is 10.5. The lowest BCUT2D eigenvalue weighted by Gasteiger charge is -2.31. The zero-order valence-corrected chi connectivity index (χ0v) is 9.83. The van der Waals surface area contributed by atoms with Crippen molar-refractivity contribution in [3.05, 3.63) is 11.1 Å². The summed E-state index contributed by atoms with van der Waals surface area (Å²) in [5.41, 5.74) is 2.77. The van der Waals surface area contributed by atoms with Gasteiger partial charge in [-0.15, -0.1) is 0 Å². The number of carboxylic acid groups (broad SMARTS) is 1. The molecule has 1 fully saturated rings. The highest BCUT2D eigenvalue weighted by Gasteiger charge is 2.20. The number of carbonyl (C=O) groups is 1. The van der Waals surface area contributed by atoms with Crippen LogP contribution in [0.3, 0.4) is 0 Å². The number of aliphatic carboxylic acids is 1. The van der Waals surface area contributed by atoms with Gasteiger partial charge in [-0.25, -0.2) is 0 Å². The Balaban J connectivity index is 2.26. The number of halogens is 1. The van der Waals surface area contributed by atoms with Crippen LogP contribution in [0.4, 0.5) is 0 Å². The fourth-order valence-electron chi connectivity index (χ4n) is 1.98. The first-order valence-corrected chi connectivity index (χ1v) is 5.75. The number of carboxylic acids is 1. The van der Waals surface area contributed by atoms with Gasteiger partial charge >= 0.3 is 5.97 Å². The number of nitrogens with zero attached hydrogens (tertiary/aromatic N) is 1. The quantitative estimate of drug-likeness (QED) is 0.807. The molecule has 0 aromatic heterocycles. The van der Waals surface area contributed by atoms with Gasteiger partial charge in [-0.05, 0) is 44.3 Å². The second kappa shape index (κ2) is 6.13. The molecule has 1 heterocycles. The SMILES string of the molecule is CC(=CCl)CN1CCC(CC(=O)O)CC1. The Kier molecular flexibility index (Phi) is 5.12. The molecule has 0 aromatic carbocycles. The van der Waals surface area contributed by atoms with Crippen molar-refractivity contribution in [2.45, 2.75) is 26.2 Å². The molecular formula is C11H18ClNO2. The molecule has 0 spiro atoms. The molecule has 0 aromatic rings. The number of hydrogen-bond donors (Lipinski definition) is 1. The maximum atomic E-state index is 10.5. The monoisotopic (exact) mass is 231 g/mol. The van der Waals surface area contributed by atoms with Gasteiger partial charge in [-0.2, -0.15) is 0 Å². The first-order chi connectivity index (χ1) is 7.11. The van der Waals surface area contributed by atoms with E-state index in [4.69, 9.17) is 16.7 Å². The summed E-state index contributed by atoms with van der Waals surface area (Å²) in [7, 11) is 0. The van der Waals surface area contributed by atoms with Crippen LogP contribution in [-0.2, 0) is 4.79 Å². The van der Waals surface area contributed by atoms with Crippen LogP contribution in [0, 0.1) is 5.92 Å². The van der Waals surface area contributed by atoms with Crippen LogP contribution >= 0.6 is 11.6 Å². The Morgan fingerprint density at radius 1 is 1.53 bits per heavy atom. The van der Waals surface area contributed by atoms with Crippen LogP contribution in [0.15, 0.2) is 11.1 Å². The van der Waals surface area contributed by atoms with Crippen molar-refractivity contribution in [1.29, 1.82) is 0 Å². The summed E-state index contributed by atoms with van der Waals surface area (Å²) in [6, 6.07) is 0. The van der Waals surface area contributed by atoms with E-state index in [0.717, 1.165) is 38.0 Å². The van der Waals surface area contributed by atoms with E-state index >= 15 is 0 Å². The van der Waals surface area contributed by atoms with Gasteiger partial charge in [-0.1, -0.05) is 11.6 Å². The third-order valence-corrected chi connectivity index (χ3v) is 3.20. The van der Waals surface area contributed by atoms with Crippen molar-refractivity contribution in [3.63, 3.8) is 0 Å². The molecule has 86 valence electrons. The summed E-state index contributed by atoms with van der Waals surface area (Å²) in [4.78, 5) is 12.9. The zero-order chi connectivity index (χ0) is 11.3. The Hall–Kier alpha value is -0.540. The van der Waals surface area contributed by atoms with Crippen LogP contribution in [0.25, 0.3) is 0 Å². The van der Waals surface area contributed by atoms with Crippen LogP contribution in [0.5, 0.6) is 0 Å². The van der Waals surface area contributed by atoms with E-state index in [-0.39, 0.29) is 0 Å². The lowest BCUT2D eigenvalue weighted by Crippen LogP contribution is -2.35. The lowest BCUT2D eigenvalue weighted by atomic mass is 9.93. The largest absolute Gasteiger partial charge is 0.481 e. The van der Waals surface area contributed by atoms with Crippen molar-refractivity contribution in [3.8, 4) is 0 Å². The fraction of sp³-hybridized carbons (Fsp3) is 0.727. The van der Waals surface area contributed by atoms with Gasteiger partial charge in [0.1, 0.15) is 0 Å². The molecule has 1 N–H and O–H groups in total. The molecule has 1 aliphatic rings. The van der Waals surface area contributed by atoms with E-state index in [1.54, 1.807) is 5.54 Å². The Morgan fingerprint density at radius 2 is 2.13 bits per heavy atom. The predicted molar refractivity (Wildman–Crippen MR) is 61.0 cm³/mol. The van der Waals surface area contributed by atoms with Gasteiger partial charge in [0.15, 0.2) is 0 Å². The Bertz CT molecular complexity index is 245. The van der Waals surface area contributed by atoms with E-state index < -0.39 is 5.97 Å². The highest BCUT2D eigenvalue weighted by molar-refractivity contribution is 6.25. The Labute approximate surface area is 95.7 Å². The molecule has 0 saturated carbocycles. The van der Waals surface area contributed by atoms with Crippen molar-refractivity contribution < 1.29 is 9.90 Å². The second-order valence-corrected chi connectivity index (χ2v) is 4.49. The van der Waals surface area contributed by atoms with Crippen molar-refractivity contribution >= 4 is 17.6 Å². The molecule has 0 bridgehead atoms. The average molecular weight is 232 g/mol. The Morgan fingerprint density at radius 3 is 2.60 bits per heavy atom. The van der Waals surface area contributed by atoms with E-state index in [9.17, 15) is 4.79 Å². The van der Waals surface area contributed by atoms with E-state index in [1.165, 1.54) is 0 Å². The van der Waals surface area contributed by atoms with E-state index in [1.807, 2.05) is 6.92 Å². The first-order valence-electron chi connectivity index (χ1n) is 5.32. The third kappa shape index (κ3) is 4.67. The average Bonchev–Trinajstić information content (AvgIpc) is 2.20. The highest BCUT2D eigenvalue weighted by Crippen LogP contribution is 2.20. The summed E-state index contributed by atoms with van der Waals surface area (Å²) in [5, 5.41) is 8.67. The van der Waals surface area contributed by atoms with Crippen LogP contribution < -0.4 is 0 Å². The van der Waals surface area contributed by atoms with Gasteiger partial charge in [0.05, 0.1) is 0 Å². The van der Waals surface area contributed by atoms with E-state index in [0.29, 0.717) is 12.3 Å². The summed E-state index contributed by atoms with van der Waals surface area (Å²) in [6.45, 7) is 4.89. The predicted octanol–water partition coefficient (Wildman–Crippen LogP) is 2.32. The minimum atomic E-state index is -0.676. The van der Waals surface area contributed by atoms with Crippen LogP contribution in [0.1, 0.15) is 26.2 Å². The van der Waals surface area contributed by atoms with Crippen LogP contribution in [-0.4, -0.2) is 35.6 Å².